The number of halogens is 1. The molecule has 9 heteroatoms. The number of aromatic nitrogens is 3. The minimum Gasteiger partial charge on any atom is -0.479 e. The number of nitrogen functional groups attached to an aromatic ring is 1. The second-order valence-corrected chi connectivity index (χ2v) is 8.24. The monoisotopic (exact) mass is 427 g/mol. The van der Waals surface area contributed by atoms with Crippen LogP contribution in [-0.4, -0.2) is 38.9 Å². The molecule has 0 saturated heterocycles. The number of anilines is 1. The van der Waals surface area contributed by atoms with Gasteiger partial charge in [-0.3, -0.25) is 0 Å². The number of hydrogen-bond acceptors (Lipinski definition) is 8. The van der Waals surface area contributed by atoms with Gasteiger partial charge in [-0.25, -0.2) is 4.98 Å². The van der Waals surface area contributed by atoms with E-state index in [0.717, 1.165) is 39.8 Å². The lowest BCUT2D eigenvalue weighted by Crippen LogP contribution is -2.18. The maximum atomic E-state index is 6.66. The van der Waals surface area contributed by atoms with E-state index in [4.69, 9.17) is 26.8 Å². The molecule has 2 aromatic carbocycles. The zero-order valence-corrected chi connectivity index (χ0v) is 17.0. The van der Waals surface area contributed by atoms with Gasteiger partial charge in [-0.1, -0.05) is 41.6 Å². The van der Waals surface area contributed by atoms with E-state index in [0.29, 0.717) is 35.9 Å². The van der Waals surface area contributed by atoms with E-state index >= 15 is 0 Å². The SMILES string of the molecule is Nc1nc(SCCN2C=COC2)nc(-c2c(Cl)cc3c4c(cccc24)COC3)n1. The molecule has 0 atom stereocenters. The molecule has 2 aliphatic heterocycles. The molecule has 0 fully saturated rings. The molecule has 0 unspecified atom stereocenters. The van der Waals surface area contributed by atoms with Crippen molar-refractivity contribution in [3.63, 3.8) is 0 Å². The summed E-state index contributed by atoms with van der Waals surface area (Å²) in [6.07, 6.45) is 3.61. The Hall–Kier alpha value is -2.55. The van der Waals surface area contributed by atoms with E-state index in [9.17, 15) is 0 Å². The maximum absolute atomic E-state index is 6.66. The first-order valence-corrected chi connectivity index (χ1v) is 10.5. The molecule has 5 rings (SSSR count). The van der Waals surface area contributed by atoms with Crippen LogP contribution in [0.15, 0.2) is 41.9 Å². The lowest BCUT2D eigenvalue weighted by molar-refractivity contribution is 0.103. The van der Waals surface area contributed by atoms with E-state index in [-0.39, 0.29) is 5.95 Å². The maximum Gasteiger partial charge on any atom is 0.224 e. The van der Waals surface area contributed by atoms with E-state index in [1.54, 1.807) is 6.26 Å². The number of nitrogens with two attached hydrogens (primary N) is 1. The highest BCUT2D eigenvalue weighted by atomic mass is 35.5. The van der Waals surface area contributed by atoms with Gasteiger partial charge in [-0.05, 0) is 28.0 Å². The number of rotatable bonds is 5. The van der Waals surface area contributed by atoms with Crippen molar-refractivity contribution < 1.29 is 9.47 Å². The minimum atomic E-state index is 0.182. The normalized spacial score (nSPS) is 15.1. The van der Waals surface area contributed by atoms with Crippen molar-refractivity contribution in [1.29, 1.82) is 0 Å². The highest BCUT2D eigenvalue weighted by molar-refractivity contribution is 7.99. The molecule has 148 valence electrons. The predicted octanol–water partition coefficient (Wildman–Crippen LogP) is 3.81. The van der Waals surface area contributed by atoms with Crippen molar-refractivity contribution in [2.75, 3.05) is 24.8 Å². The van der Waals surface area contributed by atoms with Gasteiger partial charge < -0.3 is 20.1 Å². The minimum absolute atomic E-state index is 0.182. The fourth-order valence-corrected chi connectivity index (χ4v) is 4.73. The smallest absolute Gasteiger partial charge is 0.224 e. The van der Waals surface area contributed by atoms with E-state index < -0.39 is 0 Å². The summed E-state index contributed by atoms with van der Waals surface area (Å²) in [7, 11) is 0. The van der Waals surface area contributed by atoms with E-state index in [1.165, 1.54) is 11.8 Å². The molecule has 2 aliphatic rings. The molecule has 7 nitrogen and oxygen atoms in total. The Bertz CT molecular complexity index is 1120. The van der Waals surface area contributed by atoms with Crippen molar-refractivity contribution in [1.82, 2.24) is 19.9 Å². The number of ether oxygens (including phenoxy) is 2. The van der Waals surface area contributed by atoms with Gasteiger partial charge in [0.1, 0.15) is 6.26 Å². The van der Waals surface area contributed by atoms with Gasteiger partial charge in [0.25, 0.3) is 0 Å². The molecular weight excluding hydrogens is 410 g/mol. The Balaban J connectivity index is 1.52. The van der Waals surface area contributed by atoms with Crippen LogP contribution in [0.3, 0.4) is 0 Å². The number of benzene rings is 2. The molecule has 29 heavy (non-hydrogen) atoms. The molecular formula is C20H18ClN5O2S. The Morgan fingerprint density at radius 2 is 2.07 bits per heavy atom. The molecule has 2 N–H and O–H groups in total. The largest absolute Gasteiger partial charge is 0.479 e. The van der Waals surface area contributed by atoms with Crippen molar-refractivity contribution in [2.45, 2.75) is 18.4 Å². The number of thioether (sulfide) groups is 1. The average Bonchev–Trinajstić information content (AvgIpc) is 3.21. The van der Waals surface area contributed by atoms with Crippen molar-refractivity contribution in [3.8, 4) is 11.4 Å². The molecule has 3 aromatic rings. The summed E-state index contributed by atoms with van der Waals surface area (Å²) in [6, 6.07) is 8.06. The first kappa shape index (κ1) is 18.5. The first-order chi connectivity index (χ1) is 14.2. The Kier molecular flexibility index (Phi) is 4.91. The van der Waals surface area contributed by atoms with Gasteiger partial charge in [-0.2, -0.15) is 9.97 Å². The van der Waals surface area contributed by atoms with Gasteiger partial charge in [0, 0.05) is 24.1 Å². The number of hydrogen-bond donors (Lipinski definition) is 1. The fraction of sp³-hybridized carbons (Fsp3) is 0.250. The van der Waals surface area contributed by atoms with Gasteiger partial charge >= 0.3 is 0 Å². The van der Waals surface area contributed by atoms with Crippen LogP contribution in [0.2, 0.25) is 5.02 Å². The molecule has 3 heterocycles. The highest BCUT2D eigenvalue weighted by Crippen LogP contribution is 2.39. The summed E-state index contributed by atoms with van der Waals surface area (Å²) in [5.74, 6) is 1.47. The third-order valence-corrected chi connectivity index (χ3v) is 6.00. The summed E-state index contributed by atoms with van der Waals surface area (Å²) in [6.45, 7) is 2.53. The summed E-state index contributed by atoms with van der Waals surface area (Å²) in [4.78, 5) is 15.4. The molecule has 1 aromatic heterocycles. The lowest BCUT2D eigenvalue weighted by atomic mass is 9.94. The van der Waals surface area contributed by atoms with Crippen LogP contribution in [0, 0.1) is 0 Å². The summed E-state index contributed by atoms with van der Waals surface area (Å²) in [5.41, 5.74) is 9.00. The Labute approximate surface area is 176 Å². The van der Waals surface area contributed by atoms with Crippen LogP contribution in [0.25, 0.3) is 22.2 Å². The van der Waals surface area contributed by atoms with Crippen molar-refractivity contribution in [3.05, 3.63) is 52.9 Å². The van der Waals surface area contributed by atoms with Gasteiger partial charge in [0.15, 0.2) is 17.7 Å². The zero-order chi connectivity index (χ0) is 19.8. The number of nitrogens with zero attached hydrogens (tertiary/aromatic N) is 4. The van der Waals surface area contributed by atoms with Crippen LogP contribution >= 0.6 is 23.4 Å². The zero-order valence-electron chi connectivity index (χ0n) is 15.5. The van der Waals surface area contributed by atoms with Gasteiger partial charge in [-0.15, -0.1) is 0 Å². The van der Waals surface area contributed by atoms with Crippen LogP contribution in [0.5, 0.6) is 0 Å². The topological polar surface area (TPSA) is 86.4 Å². The van der Waals surface area contributed by atoms with Crippen LogP contribution < -0.4 is 5.73 Å². The summed E-state index contributed by atoms with van der Waals surface area (Å²) in [5, 5.41) is 3.33. The molecule has 0 bridgehead atoms. The lowest BCUT2D eigenvalue weighted by Gasteiger charge is -2.20. The molecule has 0 radical (unpaired) electrons. The standard InChI is InChI=1S/C20H18ClN5O2S/c21-15-8-13-10-28-9-12-2-1-3-14(16(12)13)17(15)18-23-19(22)25-20(24-18)29-7-5-26-4-6-27-11-26/h1-4,6,8H,5,7,9-11H2,(H2,22,23,24,25). The predicted molar refractivity (Wildman–Crippen MR) is 113 cm³/mol. The van der Waals surface area contributed by atoms with E-state index in [2.05, 4.69) is 25.9 Å². The fourth-order valence-electron chi connectivity index (χ4n) is 3.60. The summed E-state index contributed by atoms with van der Waals surface area (Å²) >= 11 is 8.19. The Morgan fingerprint density at radius 1 is 1.17 bits per heavy atom. The van der Waals surface area contributed by atoms with Gasteiger partial charge in [0.2, 0.25) is 5.95 Å². The molecule has 0 amide bonds. The average molecular weight is 428 g/mol. The van der Waals surface area contributed by atoms with Gasteiger partial charge in [0.05, 0.1) is 18.2 Å². The van der Waals surface area contributed by atoms with E-state index in [1.807, 2.05) is 24.4 Å². The van der Waals surface area contributed by atoms with Crippen molar-refractivity contribution >= 4 is 40.1 Å². The Morgan fingerprint density at radius 3 is 2.93 bits per heavy atom. The quantitative estimate of drug-likeness (QED) is 0.615. The summed E-state index contributed by atoms with van der Waals surface area (Å²) < 4.78 is 10.9. The van der Waals surface area contributed by atoms with Crippen molar-refractivity contribution in [2.24, 2.45) is 0 Å². The van der Waals surface area contributed by atoms with Crippen LogP contribution in [-0.2, 0) is 22.7 Å². The molecule has 0 saturated carbocycles. The van der Waals surface area contributed by atoms with Crippen LogP contribution in [0.1, 0.15) is 11.1 Å². The third-order valence-electron chi connectivity index (χ3n) is 4.87. The molecule has 0 spiro atoms. The second kappa shape index (κ2) is 7.70. The first-order valence-electron chi connectivity index (χ1n) is 9.17. The highest BCUT2D eigenvalue weighted by Gasteiger charge is 2.21. The second-order valence-electron chi connectivity index (χ2n) is 6.77. The molecule has 0 aliphatic carbocycles. The van der Waals surface area contributed by atoms with Crippen LogP contribution in [0.4, 0.5) is 5.95 Å². The third kappa shape index (κ3) is 3.59.